The van der Waals surface area contributed by atoms with Crippen LogP contribution >= 0.6 is 12.2 Å². The topological polar surface area (TPSA) is 26.3 Å². The molecule has 18 heavy (non-hydrogen) atoms. The van der Waals surface area contributed by atoms with Crippen molar-refractivity contribution in [1.82, 2.24) is 0 Å². The van der Waals surface area contributed by atoms with E-state index in [0.717, 1.165) is 24.0 Å². The number of furan rings is 1. The van der Waals surface area contributed by atoms with E-state index in [2.05, 4.69) is 13.0 Å². The van der Waals surface area contributed by atoms with Crippen LogP contribution < -0.4 is 0 Å². The van der Waals surface area contributed by atoms with Crippen LogP contribution in [0.25, 0.3) is 21.9 Å². The highest BCUT2D eigenvalue weighted by atomic mass is 32.1. The average Bonchev–Trinajstić information content (AvgIpc) is 2.96. The largest absolute Gasteiger partial charge is 0.464 e. The fourth-order valence-corrected chi connectivity index (χ4v) is 3.25. The second-order valence-corrected chi connectivity index (χ2v) is 5.33. The lowest BCUT2D eigenvalue weighted by atomic mass is 10.0. The van der Waals surface area contributed by atoms with Gasteiger partial charge in [0.25, 0.3) is 0 Å². The Bertz CT molecular complexity index is 839. The molecule has 2 nitrogen and oxygen atoms in total. The summed E-state index contributed by atoms with van der Waals surface area (Å²) in [6, 6.07) is 4.15. The molecule has 0 amide bonds. The van der Waals surface area contributed by atoms with E-state index in [1.165, 1.54) is 33.9 Å². The van der Waals surface area contributed by atoms with Crippen molar-refractivity contribution in [2.75, 3.05) is 0 Å². The maximum atomic E-state index is 5.78. The summed E-state index contributed by atoms with van der Waals surface area (Å²) >= 11 is 5.34. The molecule has 0 atom stereocenters. The maximum absolute atomic E-state index is 5.78. The van der Waals surface area contributed by atoms with Gasteiger partial charge in [-0.2, -0.15) is 0 Å². The molecule has 2 heterocycles. The zero-order valence-corrected chi connectivity index (χ0v) is 10.9. The standard InChI is InChI=1S/C15H12O2S/c1-8-7-16-13-6-14-12(5-11(8)13)9-3-2-4-10(9)15(18)17-14/h5-7H,2-4H2,1H3. The summed E-state index contributed by atoms with van der Waals surface area (Å²) in [5, 5.41) is 2.37. The number of fused-ring (bicyclic) bond motifs is 4. The number of hydrogen-bond acceptors (Lipinski definition) is 3. The molecule has 2 aromatic heterocycles. The van der Waals surface area contributed by atoms with E-state index in [0.29, 0.717) is 4.71 Å². The predicted octanol–water partition coefficient (Wildman–Crippen LogP) is 4.71. The molecular weight excluding hydrogens is 244 g/mol. The third kappa shape index (κ3) is 1.25. The van der Waals surface area contributed by atoms with Crippen molar-refractivity contribution in [2.24, 2.45) is 0 Å². The number of hydrogen-bond donors (Lipinski definition) is 0. The van der Waals surface area contributed by atoms with E-state index >= 15 is 0 Å². The molecule has 0 unspecified atom stereocenters. The molecule has 0 saturated heterocycles. The molecule has 3 heteroatoms. The number of rotatable bonds is 0. The van der Waals surface area contributed by atoms with Gasteiger partial charge in [-0.3, -0.25) is 0 Å². The van der Waals surface area contributed by atoms with Gasteiger partial charge in [0, 0.05) is 22.4 Å². The lowest BCUT2D eigenvalue weighted by molar-refractivity contribution is 0.575. The normalized spacial score (nSPS) is 14.5. The summed E-state index contributed by atoms with van der Waals surface area (Å²) in [5.74, 6) is 0. The maximum Gasteiger partial charge on any atom is 0.194 e. The van der Waals surface area contributed by atoms with Crippen molar-refractivity contribution < 1.29 is 8.83 Å². The van der Waals surface area contributed by atoms with Crippen LogP contribution in [0.4, 0.5) is 0 Å². The Morgan fingerprint density at radius 2 is 1.89 bits per heavy atom. The van der Waals surface area contributed by atoms with Crippen LogP contribution in [0.1, 0.15) is 23.1 Å². The van der Waals surface area contributed by atoms with Gasteiger partial charge in [0.05, 0.1) is 6.26 Å². The molecule has 4 rings (SSSR count). The van der Waals surface area contributed by atoms with Gasteiger partial charge in [0.1, 0.15) is 11.2 Å². The van der Waals surface area contributed by atoms with Crippen LogP contribution in [0.5, 0.6) is 0 Å². The van der Waals surface area contributed by atoms with Crippen molar-refractivity contribution in [3.63, 3.8) is 0 Å². The first-order valence-electron chi connectivity index (χ1n) is 6.20. The summed E-state index contributed by atoms with van der Waals surface area (Å²) in [7, 11) is 0. The van der Waals surface area contributed by atoms with Crippen molar-refractivity contribution in [3.8, 4) is 0 Å². The van der Waals surface area contributed by atoms with Gasteiger partial charge in [-0.25, -0.2) is 0 Å². The molecule has 0 aliphatic heterocycles. The minimum Gasteiger partial charge on any atom is -0.464 e. The fourth-order valence-electron chi connectivity index (χ4n) is 2.93. The summed E-state index contributed by atoms with van der Waals surface area (Å²) < 4.78 is 11.9. The third-order valence-electron chi connectivity index (χ3n) is 3.86. The minimum absolute atomic E-state index is 0.651. The zero-order valence-electron chi connectivity index (χ0n) is 10.1. The molecule has 1 aromatic carbocycles. The smallest absolute Gasteiger partial charge is 0.194 e. The predicted molar refractivity (Wildman–Crippen MR) is 73.6 cm³/mol. The number of benzene rings is 1. The Morgan fingerprint density at radius 1 is 1.06 bits per heavy atom. The molecule has 1 aliphatic rings. The highest BCUT2D eigenvalue weighted by molar-refractivity contribution is 7.71. The first-order valence-corrected chi connectivity index (χ1v) is 6.61. The molecule has 0 N–H and O–H groups in total. The van der Waals surface area contributed by atoms with Crippen molar-refractivity contribution in [3.05, 3.63) is 39.8 Å². The van der Waals surface area contributed by atoms with E-state index in [1.807, 2.05) is 6.07 Å². The Morgan fingerprint density at radius 3 is 2.78 bits per heavy atom. The van der Waals surface area contributed by atoms with Crippen LogP contribution in [-0.2, 0) is 12.8 Å². The summed E-state index contributed by atoms with van der Waals surface area (Å²) in [4.78, 5) is 0. The van der Waals surface area contributed by atoms with Gasteiger partial charge < -0.3 is 8.83 Å². The second kappa shape index (κ2) is 3.45. The first-order chi connectivity index (χ1) is 8.74. The fraction of sp³-hybridized carbons (Fsp3) is 0.267. The van der Waals surface area contributed by atoms with Gasteiger partial charge in [0.2, 0.25) is 0 Å². The molecule has 0 fully saturated rings. The zero-order chi connectivity index (χ0) is 12.3. The van der Waals surface area contributed by atoms with E-state index in [4.69, 9.17) is 21.1 Å². The van der Waals surface area contributed by atoms with Crippen molar-refractivity contribution in [2.45, 2.75) is 26.2 Å². The first kappa shape index (κ1) is 10.3. The average molecular weight is 256 g/mol. The van der Waals surface area contributed by atoms with Crippen LogP contribution in [-0.4, -0.2) is 0 Å². The van der Waals surface area contributed by atoms with Gasteiger partial charge in [0.15, 0.2) is 4.71 Å². The monoisotopic (exact) mass is 256 g/mol. The van der Waals surface area contributed by atoms with Crippen LogP contribution in [0.15, 0.2) is 27.2 Å². The van der Waals surface area contributed by atoms with Gasteiger partial charge in [-0.05, 0) is 55.6 Å². The van der Waals surface area contributed by atoms with E-state index in [1.54, 1.807) is 6.26 Å². The quantitative estimate of drug-likeness (QED) is 0.545. The Labute approximate surface area is 109 Å². The molecular formula is C15H12O2S. The Hall–Kier alpha value is -1.61. The lowest BCUT2D eigenvalue weighted by Gasteiger charge is -2.05. The molecule has 0 radical (unpaired) electrons. The van der Waals surface area contributed by atoms with Crippen molar-refractivity contribution in [1.29, 1.82) is 0 Å². The summed E-state index contributed by atoms with van der Waals surface area (Å²) in [5.41, 5.74) is 5.50. The molecule has 0 saturated carbocycles. The molecule has 90 valence electrons. The second-order valence-electron chi connectivity index (χ2n) is 4.96. The van der Waals surface area contributed by atoms with Gasteiger partial charge >= 0.3 is 0 Å². The molecule has 1 aliphatic carbocycles. The van der Waals surface area contributed by atoms with Gasteiger partial charge in [-0.15, -0.1) is 0 Å². The van der Waals surface area contributed by atoms with Crippen molar-refractivity contribution >= 4 is 34.2 Å². The Balaban J connectivity index is 2.24. The minimum atomic E-state index is 0.651. The van der Waals surface area contributed by atoms with E-state index in [9.17, 15) is 0 Å². The van der Waals surface area contributed by atoms with E-state index < -0.39 is 0 Å². The van der Waals surface area contributed by atoms with Gasteiger partial charge in [-0.1, -0.05) is 0 Å². The van der Waals surface area contributed by atoms with Crippen LogP contribution in [0.2, 0.25) is 0 Å². The van der Waals surface area contributed by atoms with E-state index in [-0.39, 0.29) is 0 Å². The SMILES string of the molecule is Cc1coc2cc3oc(=S)c4c(c3cc12)CCC4. The molecule has 0 spiro atoms. The number of aryl methyl sites for hydroxylation is 2. The lowest BCUT2D eigenvalue weighted by Crippen LogP contribution is -1.87. The molecule has 0 bridgehead atoms. The third-order valence-corrected chi connectivity index (χ3v) is 4.19. The summed E-state index contributed by atoms with van der Waals surface area (Å²) in [6.45, 7) is 2.07. The highest BCUT2D eigenvalue weighted by Gasteiger charge is 2.18. The van der Waals surface area contributed by atoms with Crippen LogP contribution in [0, 0.1) is 11.6 Å². The summed E-state index contributed by atoms with van der Waals surface area (Å²) in [6.07, 6.45) is 5.12. The van der Waals surface area contributed by atoms with Crippen LogP contribution in [0.3, 0.4) is 0 Å². The highest BCUT2D eigenvalue weighted by Crippen LogP contribution is 2.34. The Kier molecular flexibility index (Phi) is 1.98. The molecule has 3 aromatic rings.